The van der Waals surface area contributed by atoms with Crippen molar-refractivity contribution < 1.29 is 32.2 Å². The number of ether oxygens (including phenoxy) is 4. The van der Waals surface area contributed by atoms with Gasteiger partial charge in [0.1, 0.15) is 12.4 Å². The molecule has 0 radical (unpaired) electrons. The molecule has 1 aromatic heterocycles. The Morgan fingerprint density at radius 2 is 1.80 bits per heavy atom. The number of imidazole rings is 1. The highest BCUT2D eigenvalue weighted by molar-refractivity contribution is 7.89. The molecule has 2 aliphatic heterocycles. The number of hydrogen-bond acceptors (Lipinski definition) is 9. The Hall–Kier alpha value is -4.23. The highest BCUT2D eigenvalue weighted by Gasteiger charge is 2.30. The van der Waals surface area contributed by atoms with E-state index in [0.717, 1.165) is 35.5 Å². The lowest BCUT2D eigenvalue weighted by molar-refractivity contribution is 0.0342. The molecule has 11 nitrogen and oxygen atoms in total. The van der Waals surface area contributed by atoms with Gasteiger partial charge in [0.15, 0.2) is 11.5 Å². The number of rotatable bonds is 6. The third-order valence-electron chi connectivity index (χ3n) is 7.76. The average Bonchev–Trinajstić information content (AvgIpc) is 3.54. The molecule has 230 valence electrons. The molecule has 3 aromatic carbocycles. The molecule has 0 saturated carbocycles. The Morgan fingerprint density at radius 3 is 2.59 bits per heavy atom. The summed E-state index contributed by atoms with van der Waals surface area (Å²) < 4.78 is 54.0. The smallest absolute Gasteiger partial charge is 0.339 e. The predicted molar refractivity (Wildman–Crippen MR) is 163 cm³/mol. The Morgan fingerprint density at radius 1 is 0.977 bits per heavy atom. The van der Waals surface area contributed by atoms with Gasteiger partial charge >= 0.3 is 5.97 Å². The van der Waals surface area contributed by atoms with Crippen molar-refractivity contribution in [1.29, 1.82) is 0 Å². The molecule has 4 bridgehead atoms. The predicted octanol–water partition coefficient (Wildman–Crippen LogP) is 3.75. The zero-order chi connectivity index (χ0) is 30.7. The van der Waals surface area contributed by atoms with E-state index in [1.54, 1.807) is 25.4 Å². The van der Waals surface area contributed by atoms with Crippen LogP contribution in [0.4, 0.5) is 0 Å². The van der Waals surface area contributed by atoms with Crippen LogP contribution in [-0.4, -0.2) is 86.8 Å². The number of nitrogens with zero attached hydrogens (tertiary/aromatic N) is 4. The average molecular weight is 619 g/mol. The third-order valence-corrected chi connectivity index (χ3v) is 9.66. The summed E-state index contributed by atoms with van der Waals surface area (Å²) in [7, 11) is -1.39. The number of carbonyl (C=O) groups excluding carboxylic acids is 1. The van der Waals surface area contributed by atoms with Crippen LogP contribution in [-0.2, 0) is 32.6 Å². The molecule has 3 heterocycles. The molecule has 12 heteroatoms. The molecule has 0 aliphatic carbocycles. The maximum atomic E-state index is 14.3. The van der Waals surface area contributed by atoms with E-state index in [4.69, 9.17) is 18.9 Å². The SMILES string of the molecule is COC(=O)c1ccccc1S(=O)(=O)N1CCOc2cc(ccc2OC)-c2nccn2-c2cc(CN3CCOCC3)cc(c2)C1. The molecule has 0 spiro atoms. The molecule has 1 saturated heterocycles. The summed E-state index contributed by atoms with van der Waals surface area (Å²) in [6.07, 6.45) is 3.62. The molecule has 2 aliphatic rings. The highest BCUT2D eigenvalue weighted by atomic mass is 32.2. The lowest BCUT2D eigenvalue weighted by atomic mass is 10.1. The molecule has 0 amide bonds. The van der Waals surface area contributed by atoms with Gasteiger partial charge in [-0.25, -0.2) is 18.2 Å². The lowest BCUT2D eigenvalue weighted by Crippen LogP contribution is -2.36. The van der Waals surface area contributed by atoms with Crippen LogP contribution in [0.25, 0.3) is 17.1 Å². The van der Waals surface area contributed by atoms with Crippen molar-refractivity contribution in [3.05, 3.63) is 89.7 Å². The van der Waals surface area contributed by atoms with Crippen LogP contribution in [0, 0.1) is 0 Å². The van der Waals surface area contributed by atoms with Crippen molar-refractivity contribution in [3.63, 3.8) is 0 Å². The van der Waals surface area contributed by atoms with Gasteiger partial charge in [-0.1, -0.05) is 18.2 Å². The molecular formula is C32H34N4O7S. The minimum absolute atomic E-state index is 0.0127. The number of aromatic nitrogens is 2. The standard InChI is InChI=1S/C32H34N4O7S/c1-40-28-8-7-25-20-29(28)43-16-13-35(44(38,39)30-6-4-3-5-27(30)32(37)41-2)22-24-17-23(21-34-11-14-42-15-12-34)18-26(19-24)36-10-9-33-31(25)36/h3-10,17-20H,11-16,21-22H2,1-2H3. The number of esters is 1. The van der Waals surface area contributed by atoms with Crippen LogP contribution in [0.15, 0.2) is 78.0 Å². The van der Waals surface area contributed by atoms with Gasteiger partial charge in [-0.15, -0.1) is 0 Å². The summed E-state index contributed by atoms with van der Waals surface area (Å²) in [4.78, 5) is 19.4. The molecule has 0 atom stereocenters. The van der Waals surface area contributed by atoms with Gasteiger partial charge in [-0.2, -0.15) is 4.31 Å². The van der Waals surface area contributed by atoms with E-state index in [2.05, 4.69) is 16.0 Å². The van der Waals surface area contributed by atoms with Gasteiger partial charge < -0.3 is 18.9 Å². The van der Waals surface area contributed by atoms with Crippen molar-refractivity contribution >= 4 is 16.0 Å². The molecule has 1 fully saturated rings. The van der Waals surface area contributed by atoms with Crippen molar-refractivity contribution in [3.8, 4) is 28.6 Å². The molecule has 6 rings (SSSR count). The first-order chi connectivity index (χ1) is 21.4. The van der Waals surface area contributed by atoms with Gasteiger partial charge in [0, 0.05) is 56.4 Å². The van der Waals surface area contributed by atoms with Crippen LogP contribution in [0.5, 0.6) is 11.5 Å². The van der Waals surface area contributed by atoms with E-state index in [0.29, 0.717) is 37.1 Å². The maximum absolute atomic E-state index is 14.3. The monoisotopic (exact) mass is 618 g/mol. The van der Waals surface area contributed by atoms with Gasteiger partial charge in [0.2, 0.25) is 10.0 Å². The van der Waals surface area contributed by atoms with E-state index >= 15 is 0 Å². The van der Waals surface area contributed by atoms with Crippen molar-refractivity contribution in [2.24, 2.45) is 0 Å². The Labute approximate surface area is 256 Å². The second-order valence-electron chi connectivity index (χ2n) is 10.6. The van der Waals surface area contributed by atoms with Crippen LogP contribution >= 0.6 is 0 Å². The topological polar surface area (TPSA) is 112 Å². The molecule has 0 N–H and O–H groups in total. The van der Waals surface area contributed by atoms with Gasteiger partial charge in [-0.05, 0) is 53.6 Å². The Bertz CT molecular complexity index is 1770. The second kappa shape index (κ2) is 12.8. The maximum Gasteiger partial charge on any atom is 0.339 e. The number of carbonyl (C=O) groups is 1. The minimum atomic E-state index is -4.18. The third kappa shape index (κ3) is 6.06. The fraction of sp³-hybridized carbons (Fsp3) is 0.312. The van der Waals surface area contributed by atoms with Crippen LogP contribution in [0.2, 0.25) is 0 Å². The number of sulfonamides is 1. The summed E-state index contributed by atoms with van der Waals surface area (Å²) >= 11 is 0. The number of hydrogen-bond donors (Lipinski definition) is 0. The summed E-state index contributed by atoms with van der Waals surface area (Å²) in [6.45, 7) is 3.74. The first-order valence-electron chi connectivity index (χ1n) is 14.3. The van der Waals surface area contributed by atoms with Crippen LogP contribution in [0.1, 0.15) is 21.5 Å². The lowest BCUT2D eigenvalue weighted by Gasteiger charge is -2.27. The summed E-state index contributed by atoms with van der Waals surface area (Å²) in [5, 5.41) is 0. The van der Waals surface area contributed by atoms with Gasteiger partial charge in [0.05, 0.1) is 37.9 Å². The van der Waals surface area contributed by atoms with E-state index < -0.39 is 16.0 Å². The Kier molecular flexibility index (Phi) is 8.67. The Balaban J connectivity index is 1.49. The number of morpholine rings is 1. The molecule has 44 heavy (non-hydrogen) atoms. The van der Waals surface area contributed by atoms with Crippen molar-refractivity contribution in [2.75, 3.05) is 53.7 Å². The van der Waals surface area contributed by atoms with Gasteiger partial charge in [-0.3, -0.25) is 9.47 Å². The minimum Gasteiger partial charge on any atom is -0.493 e. The van der Waals surface area contributed by atoms with Crippen molar-refractivity contribution in [2.45, 2.75) is 18.0 Å². The molecular weight excluding hydrogens is 584 g/mol. The fourth-order valence-corrected chi connectivity index (χ4v) is 7.18. The second-order valence-corrected chi connectivity index (χ2v) is 12.5. The first kappa shape index (κ1) is 29.8. The number of fused-ring (bicyclic) bond motifs is 7. The number of methoxy groups -OCH3 is 2. The summed E-state index contributed by atoms with van der Waals surface area (Å²) in [6, 6.07) is 17.8. The summed E-state index contributed by atoms with van der Waals surface area (Å²) in [5.41, 5.74) is 3.46. The quantitative estimate of drug-likeness (QED) is 0.298. The molecule has 4 aromatic rings. The fourth-order valence-electron chi connectivity index (χ4n) is 5.59. The van der Waals surface area contributed by atoms with E-state index in [1.807, 2.05) is 41.1 Å². The van der Waals surface area contributed by atoms with Crippen LogP contribution in [0.3, 0.4) is 0 Å². The van der Waals surface area contributed by atoms with E-state index in [-0.39, 0.29) is 30.2 Å². The highest BCUT2D eigenvalue weighted by Crippen LogP contribution is 2.34. The summed E-state index contributed by atoms with van der Waals surface area (Å²) in [5.74, 6) is 0.962. The van der Waals surface area contributed by atoms with E-state index in [1.165, 1.54) is 23.5 Å². The zero-order valence-corrected chi connectivity index (χ0v) is 25.5. The normalized spacial score (nSPS) is 16.0. The van der Waals surface area contributed by atoms with E-state index in [9.17, 15) is 13.2 Å². The largest absolute Gasteiger partial charge is 0.493 e. The van der Waals surface area contributed by atoms with Gasteiger partial charge in [0.25, 0.3) is 0 Å². The van der Waals surface area contributed by atoms with Crippen LogP contribution < -0.4 is 9.47 Å². The first-order valence-corrected chi connectivity index (χ1v) is 15.8. The zero-order valence-electron chi connectivity index (χ0n) is 24.6. The molecule has 0 unspecified atom stereocenters. The number of benzene rings is 3. The van der Waals surface area contributed by atoms with Crippen molar-refractivity contribution in [1.82, 2.24) is 18.8 Å².